The molecule has 0 amide bonds. The van der Waals surface area contributed by atoms with Crippen LogP contribution >= 0.6 is 0 Å². The molecule has 140 valence electrons. The molecule has 0 aliphatic heterocycles. The van der Waals surface area contributed by atoms with Gasteiger partial charge < -0.3 is 4.74 Å². The summed E-state index contributed by atoms with van der Waals surface area (Å²) >= 11 is 0. The average molecular weight is 367 g/mol. The van der Waals surface area contributed by atoms with Crippen molar-refractivity contribution in [2.45, 2.75) is 58.2 Å². The van der Waals surface area contributed by atoms with E-state index in [0.717, 1.165) is 33.5 Å². The smallest absolute Gasteiger partial charge is 0.118 e. The molecule has 0 saturated carbocycles. The van der Waals surface area contributed by atoms with Crippen LogP contribution in [0.1, 0.15) is 52.7 Å². The van der Waals surface area contributed by atoms with E-state index in [0.29, 0.717) is 0 Å². The number of ether oxygens (including phenoxy) is 1. The Hall–Kier alpha value is -1.80. The Morgan fingerprint density at radius 1 is 0.731 bits per heavy atom. The second-order valence-electron chi connectivity index (χ2n) is 8.18. The maximum atomic E-state index is 5.25. The molecule has 0 bridgehead atoms. The molecule has 0 saturated heterocycles. The molecule has 2 heteroatoms. The summed E-state index contributed by atoms with van der Waals surface area (Å²) in [7, 11) is 0.0921. The first-order valence-corrected chi connectivity index (χ1v) is 11.9. The quantitative estimate of drug-likeness (QED) is 0.499. The lowest BCUT2D eigenvalue weighted by atomic mass is 10.00. The maximum Gasteiger partial charge on any atom is 0.118 e. The van der Waals surface area contributed by atoms with Crippen molar-refractivity contribution in [3.63, 3.8) is 0 Å². The first-order valence-electron chi connectivity index (χ1n) is 9.69. The highest BCUT2D eigenvalue weighted by Crippen LogP contribution is 2.41. The molecular weight excluding hydrogens is 332 g/mol. The first-order chi connectivity index (χ1) is 12.2. The fourth-order valence-corrected chi connectivity index (χ4v) is 11.7. The van der Waals surface area contributed by atoms with Crippen molar-refractivity contribution in [3.8, 4) is 5.75 Å². The van der Waals surface area contributed by atoms with Crippen LogP contribution in [0.3, 0.4) is 0 Å². The van der Waals surface area contributed by atoms with E-state index < -0.39 is 8.07 Å². The fraction of sp³-hybridized carbons (Fsp3) is 0.417. The molecule has 0 aromatic heterocycles. The number of methoxy groups -OCH3 is 1. The summed E-state index contributed by atoms with van der Waals surface area (Å²) < 4.78 is 5.25. The topological polar surface area (TPSA) is 9.23 Å². The van der Waals surface area contributed by atoms with E-state index in [1.54, 1.807) is 12.3 Å². The molecule has 0 N–H and O–H groups in total. The Balaban J connectivity index is 2.38. The maximum absolute atomic E-state index is 5.25. The molecule has 2 aromatic rings. The van der Waals surface area contributed by atoms with Gasteiger partial charge in [0.25, 0.3) is 0 Å². The van der Waals surface area contributed by atoms with Crippen LogP contribution in [0.4, 0.5) is 0 Å². The summed E-state index contributed by atoms with van der Waals surface area (Å²) in [6, 6.07) is 17.4. The second-order valence-corrected chi connectivity index (χ2v) is 14.1. The minimum atomic E-state index is -1.60. The third-order valence-electron chi connectivity index (χ3n) is 6.04. The van der Waals surface area contributed by atoms with Crippen LogP contribution in [-0.4, -0.2) is 15.2 Å². The molecule has 0 radical (unpaired) electrons. The number of hydrogen-bond acceptors (Lipinski definition) is 1. The summed E-state index contributed by atoms with van der Waals surface area (Å²) in [5, 5.41) is 1.57. The van der Waals surface area contributed by atoms with Gasteiger partial charge in [-0.2, -0.15) is 0 Å². The van der Waals surface area contributed by atoms with E-state index in [-0.39, 0.29) is 0 Å². The highest BCUT2D eigenvalue weighted by atomic mass is 28.3. The number of benzene rings is 2. The summed E-state index contributed by atoms with van der Waals surface area (Å²) in [5.41, 5.74) is 5.55. The Labute approximate surface area is 161 Å². The molecule has 0 spiro atoms. The van der Waals surface area contributed by atoms with Gasteiger partial charge in [-0.05, 0) is 45.5 Å². The van der Waals surface area contributed by atoms with E-state index in [1.165, 1.54) is 5.56 Å². The van der Waals surface area contributed by atoms with Crippen LogP contribution in [0, 0.1) is 0 Å². The molecule has 0 unspecified atom stereocenters. The summed E-state index contributed by atoms with van der Waals surface area (Å²) in [5.74, 6) is 0.874. The lowest BCUT2D eigenvalue weighted by molar-refractivity contribution is 0.415. The van der Waals surface area contributed by atoms with Gasteiger partial charge in [0.2, 0.25) is 0 Å². The van der Waals surface area contributed by atoms with E-state index >= 15 is 0 Å². The van der Waals surface area contributed by atoms with Crippen molar-refractivity contribution in [1.82, 2.24) is 0 Å². The van der Waals surface area contributed by atoms with Crippen molar-refractivity contribution in [2.75, 3.05) is 7.11 Å². The van der Waals surface area contributed by atoms with Crippen LogP contribution in [0.5, 0.6) is 5.75 Å². The predicted molar refractivity (Wildman–Crippen MR) is 118 cm³/mol. The minimum absolute atomic E-state index is 0.720. The van der Waals surface area contributed by atoms with Crippen molar-refractivity contribution < 1.29 is 4.74 Å². The Bertz CT molecular complexity index is 702. The lowest BCUT2D eigenvalue weighted by Crippen LogP contribution is -2.55. The van der Waals surface area contributed by atoms with Crippen LogP contribution in [-0.2, 0) is 0 Å². The largest absolute Gasteiger partial charge is 0.497 e. The van der Waals surface area contributed by atoms with Gasteiger partial charge in [0.1, 0.15) is 5.75 Å². The summed E-state index contributed by atoms with van der Waals surface area (Å²) in [4.78, 5) is 0. The third-order valence-corrected chi connectivity index (χ3v) is 13.1. The number of hydrogen-bond donors (Lipinski definition) is 0. The van der Waals surface area contributed by atoms with E-state index in [9.17, 15) is 0 Å². The second kappa shape index (κ2) is 8.26. The van der Waals surface area contributed by atoms with Crippen molar-refractivity contribution in [1.29, 1.82) is 0 Å². The van der Waals surface area contributed by atoms with Gasteiger partial charge in [-0.1, -0.05) is 89.7 Å². The van der Waals surface area contributed by atoms with Gasteiger partial charge in [-0.25, -0.2) is 0 Å². The minimum Gasteiger partial charge on any atom is -0.497 e. The zero-order valence-corrected chi connectivity index (χ0v) is 18.5. The van der Waals surface area contributed by atoms with Crippen LogP contribution in [0.2, 0.25) is 16.6 Å². The Morgan fingerprint density at radius 2 is 1.12 bits per heavy atom. The molecule has 0 atom stereocenters. The number of rotatable bonds is 7. The van der Waals surface area contributed by atoms with E-state index in [2.05, 4.69) is 84.5 Å². The SMILES string of the molecule is C=C(c1ccc(OC)cc1)c1ccc([Si](C(C)C)(C(C)C)C(C)C)cc1. The van der Waals surface area contributed by atoms with Crippen molar-refractivity contribution in [2.24, 2.45) is 0 Å². The highest BCUT2D eigenvalue weighted by molar-refractivity contribution is 6.95. The monoisotopic (exact) mass is 366 g/mol. The first kappa shape index (κ1) is 20.5. The van der Waals surface area contributed by atoms with Crippen molar-refractivity contribution in [3.05, 3.63) is 66.2 Å². The fourth-order valence-electron chi connectivity index (χ4n) is 4.92. The summed E-state index contributed by atoms with van der Waals surface area (Å²) in [6.07, 6.45) is 0. The zero-order valence-electron chi connectivity index (χ0n) is 17.5. The van der Waals surface area contributed by atoms with Crippen LogP contribution < -0.4 is 9.92 Å². The molecule has 2 rings (SSSR count). The Morgan fingerprint density at radius 3 is 1.46 bits per heavy atom. The zero-order chi connectivity index (χ0) is 19.5. The predicted octanol–water partition coefficient (Wildman–Crippen LogP) is 6.64. The van der Waals surface area contributed by atoms with E-state index in [1.807, 2.05) is 12.1 Å². The molecule has 0 aliphatic carbocycles. The van der Waals surface area contributed by atoms with E-state index in [4.69, 9.17) is 4.74 Å². The van der Waals surface area contributed by atoms with Crippen molar-refractivity contribution >= 4 is 18.8 Å². The summed E-state index contributed by atoms with van der Waals surface area (Å²) in [6.45, 7) is 18.8. The van der Waals surface area contributed by atoms with Gasteiger partial charge in [-0.15, -0.1) is 0 Å². The lowest BCUT2D eigenvalue weighted by Gasteiger charge is -2.43. The molecule has 0 fully saturated rings. The molecular formula is C24H34OSi. The van der Waals surface area contributed by atoms with Crippen LogP contribution in [0.25, 0.3) is 5.57 Å². The standard InChI is InChI=1S/C24H34OSi/c1-17(2)26(18(3)4,19(5)6)24-15-11-22(12-16-24)20(7)21-9-13-23(25-8)14-10-21/h9-19H,7H2,1-6,8H3. The van der Waals surface area contributed by atoms with Gasteiger partial charge >= 0.3 is 0 Å². The van der Waals surface area contributed by atoms with Gasteiger partial charge in [0.15, 0.2) is 0 Å². The molecule has 0 heterocycles. The van der Waals surface area contributed by atoms with Gasteiger partial charge in [0.05, 0.1) is 15.2 Å². The van der Waals surface area contributed by atoms with Crippen LogP contribution in [0.15, 0.2) is 55.1 Å². The van der Waals surface area contributed by atoms with Gasteiger partial charge in [-0.3, -0.25) is 0 Å². The Kier molecular flexibility index (Phi) is 6.52. The van der Waals surface area contributed by atoms with Gasteiger partial charge in [0, 0.05) is 0 Å². The third kappa shape index (κ3) is 3.66. The normalized spacial score (nSPS) is 12.1. The molecule has 0 aliphatic rings. The molecule has 1 nitrogen and oxygen atoms in total. The molecule has 2 aromatic carbocycles. The average Bonchev–Trinajstić information content (AvgIpc) is 2.61. The highest BCUT2D eigenvalue weighted by Gasteiger charge is 2.44. The molecule has 26 heavy (non-hydrogen) atoms.